The van der Waals surface area contributed by atoms with Crippen LogP contribution in [0.15, 0.2) is 103 Å². The van der Waals surface area contributed by atoms with Crippen molar-refractivity contribution >= 4 is 29.5 Å². The lowest BCUT2D eigenvalue weighted by molar-refractivity contribution is -0.143. The number of ether oxygens (including phenoxy) is 2. The van der Waals surface area contributed by atoms with E-state index >= 15 is 0 Å². The summed E-state index contributed by atoms with van der Waals surface area (Å²) in [6.07, 6.45) is -1.60. The van der Waals surface area contributed by atoms with Gasteiger partial charge in [-0.25, -0.2) is 4.39 Å². The minimum absolute atomic E-state index is 0.0418. The molecule has 0 bridgehead atoms. The first-order valence-electron chi connectivity index (χ1n) is 18.3. The van der Waals surface area contributed by atoms with Gasteiger partial charge >= 0.3 is 6.18 Å². The maximum atomic E-state index is 14.4. The minimum atomic E-state index is -4.50. The highest BCUT2D eigenvalue weighted by Gasteiger charge is 2.32. The van der Waals surface area contributed by atoms with Crippen molar-refractivity contribution < 1.29 is 41.4 Å². The van der Waals surface area contributed by atoms with Crippen molar-refractivity contribution in [3.8, 4) is 5.75 Å². The summed E-state index contributed by atoms with van der Waals surface area (Å²) in [4.78, 5) is 47.3. The van der Waals surface area contributed by atoms with E-state index in [1.807, 2.05) is 59.5 Å². The second-order valence-corrected chi connectivity index (χ2v) is 13.6. The van der Waals surface area contributed by atoms with Gasteiger partial charge in [0, 0.05) is 71.4 Å². The molecule has 9 nitrogen and oxygen atoms in total. The average Bonchev–Trinajstić information content (AvgIpc) is 3.20. The van der Waals surface area contributed by atoms with Crippen molar-refractivity contribution in [2.24, 2.45) is 0 Å². The van der Waals surface area contributed by atoms with Gasteiger partial charge in [0.05, 0.1) is 25.9 Å². The lowest BCUT2D eigenvalue weighted by atomic mass is 10.0. The molecule has 5 rings (SSSR count). The van der Waals surface area contributed by atoms with E-state index in [1.54, 1.807) is 20.0 Å². The van der Waals surface area contributed by atoms with Crippen molar-refractivity contribution in [1.82, 2.24) is 14.7 Å². The van der Waals surface area contributed by atoms with Crippen LogP contribution in [0, 0.1) is 5.82 Å². The van der Waals surface area contributed by atoms with Crippen LogP contribution in [0.5, 0.6) is 5.75 Å². The van der Waals surface area contributed by atoms with Gasteiger partial charge in [0.2, 0.25) is 17.7 Å². The van der Waals surface area contributed by atoms with Crippen LogP contribution in [0.25, 0.3) is 6.08 Å². The molecule has 0 aliphatic carbocycles. The Morgan fingerprint density at radius 1 is 0.857 bits per heavy atom. The van der Waals surface area contributed by atoms with Crippen molar-refractivity contribution in [2.45, 2.75) is 38.7 Å². The molecule has 0 aromatic heterocycles. The largest absolute Gasteiger partial charge is 0.494 e. The number of nitrogens with zero attached hydrogens (tertiary/aromatic N) is 4. The minimum Gasteiger partial charge on any atom is -0.494 e. The molecule has 1 aliphatic rings. The zero-order chi connectivity index (χ0) is 40.2. The van der Waals surface area contributed by atoms with Crippen LogP contribution in [0.3, 0.4) is 0 Å². The molecule has 1 aliphatic heterocycles. The Kier molecular flexibility index (Phi) is 14.3. The SMILES string of the molecule is COc1ccc(COCCN(C)C(=O)C(Cc2ccccc2)N(Cc2ccc(N3CCN(C(C)=O)CC3)cc2)C(=O)C=Cc2ccc(C(F)(F)F)cc2)cc1F. The highest BCUT2D eigenvalue weighted by atomic mass is 19.4. The third-order valence-electron chi connectivity index (χ3n) is 9.68. The van der Waals surface area contributed by atoms with E-state index in [9.17, 15) is 31.9 Å². The third-order valence-corrected chi connectivity index (χ3v) is 9.68. The number of carbonyl (C=O) groups is 3. The van der Waals surface area contributed by atoms with Crippen LogP contribution < -0.4 is 9.64 Å². The molecule has 0 N–H and O–H groups in total. The molecule has 0 saturated carbocycles. The molecule has 13 heteroatoms. The lowest BCUT2D eigenvalue weighted by Gasteiger charge is -2.36. The molecule has 4 aromatic rings. The molecular weight excluding hydrogens is 728 g/mol. The number of anilines is 1. The Labute approximate surface area is 324 Å². The summed E-state index contributed by atoms with van der Waals surface area (Å²) in [5, 5.41) is 0. The molecule has 296 valence electrons. The molecule has 1 heterocycles. The first-order chi connectivity index (χ1) is 26.8. The molecule has 1 atom stereocenters. The Balaban J connectivity index is 1.37. The maximum absolute atomic E-state index is 14.4. The Morgan fingerprint density at radius 3 is 2.12 bits per heavy atom. The van der Waals surface area contributed by atoms with E-state index in [-0.39, 0.29) is 50.3 Å². The van der Waals surface area contributed by atoms with Crippen LogP contribution in [0.2, 0.25) is 0 Å². The number of methoxy groups -OCH3 is 1. The van der Waals surface area contributed by atoms with Crippen LogP contribution >= 0.6 is 0 Å². The fourth-order valence-corrected chi connectivity index (χ4v) is 6.40. The van der Waals surface area contributed by atoms with Gasteiger partial charge in [0.25, 0.3) is 0 Å². The molecule has 56 heavy (non-hydrogen) atoms. The number of rotatable bonds is 15. The number of hydrogen-bond donors (Lipinski definition) is 0. The quantitative estimate of drug-likeness (QED) is 0.0748. The second-order valence-electron chi connectivity index (χ2n) is 13.6. The molecule has 1 unspecified atom stereocenters. The predicted molar refractivity (Wildman–Crippen MR) is 206 cm³/mol. The zero-order valence-electron chi connectivity index (χ0n) is 31.7. The van der Waals surface area contributed by atoms with E-state index in [0.29, 0.717) is 37.3 Å². The summed E-state index contributed by atoms with van der Waals surface area (Å²) in [6, 6.07) is 25.0. The zero-order valence-corrected chi connectivity index (χ0v) is 31.7. The number of alkyl halides is 3. The number of likely N-dealkylation sites (N-methyl/N-ethyl adjacent to an activating group) is 1. The van der Waals surface area contributed by atoms with Crippen molar-refractivity contribution in [1.29, 1.82) is 0 Å². The van der Waals surface area contributed by atoms with Gasteiger partial charge in [0.15, 0.2) is 11.6 Å². The second kappa shape index (κ2) is 19.3. The van der Waals surface area contributed by atoms with Crippen LogP contribution in [0.4, 0.5) is 23.2 Å². The number of halogens is 4. The van der Waals surface area contributed by atoms with Gasteiger partial charge < -0.3 is 29.1 Å². The monoisotopic (exact) mass is 774 g/mol. The van der Waals surface area contributed by atoms with Gasteiger partial charge in [-0.05, 0) is 64.7 Å². The van der Waals surface area contributed by atoms with E-state index in [1.165, 1.54) is 53.3 Å². The van der Waals surface area contributed by atoms with Gasteiger partial charge in [-0.2, -0.15) is 13.2 Å². The third kappa shape index (κ3) is 11.4. The number of benzene rings is 4. The number of carbonyl (C=O) groups excluding carboxylic acids is 3. The first-order valence-corrected chi connectivity index (χ1v) is 18.3. The standard InChI is InChI=1S/C43H46F4N4O5/c1-31(52)49-21-23-50(24-22-49)37-17-11-34(12-18-37)29-51(41(53)20-14-32-9-15-36(16-10-32)43(45,46)47)39(28-33-7-5-4-6-8-33)42(54)48(2)25-26-56-30-35-13-19-40(55-3)38(44)27-35/h4-20,27,39H,21-26,28-30H2,1-3H3. The maximum Gasteiger partial charge on any atom is 0.416 e. The van der Waals surface area contributed by atoms with Gasteiger partial charge in [-0.3, -0.25) is 14.4 Å². The fourth-order valence-electron chi connectivity index (χ4n) is 6.40. The Hall–Kier alpha value is -5.69. The summed E-state index contributed by atoms with van der Waals surface area (Å²) >= 11 is 0. The van der Waals surface area contributed by atoms with E-state index in [4.69, 9.17) is 9.47 Å². The Morgan fingerprint density at radius 2 is 1.52 bits per heavy atom. The number of piperazine rings is 1. The smallest absolute Gasteiger partial charge is 0.416 e. The fraction of sp³-hybridized carbons (Fsp3) is 0.326. The highest BCUT2D eigenvalue weighted by molar-refractivity contribution is 5.95. The molecule has 0 spiro atoms. The highest BCUT2D eigenvalue weighted by Crippen LogP contribution is 2.29. The summed E-state index contributed by atoms with van der Waals surface area (Å²) in [5.74, 6) is -1.19. The molecule has 1 fully saturated rings. The van der Waals surface area contributed by atoms with E-state index in [2.05, 4.69) is 4.90 Å². The number of amides is 3. The molecule has 0 radical (unpaired) electrons. The number of hydrogen-bond acceptors (Lipinski definition) is 6. The lowest BCUT2D eigenvalue weighted by Crippen LogP contribution is -2.51. The first kappa shape index (κ1) is 41.5. The summed E-state index contributed by atoms with van der Waals surface area (Å²) in [5.41, 5.74) is 2.73. The van der Waals surface area contributed by atoms with E-state index in [0.717, 1.165) is 28.9 Å². The van der Waals surface area contributed by atoms with Crippen molar-refractivity contribution in [3.63, 3.8) is 0 Å². The predicted octanol–water partition coefficient (Wildman–Crippen LogP) is 6.85. The molecule has 4 aromatic carbocycles. The van der Waals surface area contributed by atoms with Gasteiger partial charge in [-0.15, -0.1) is 0 Å². The van der Waals surface area contributed by atoms with Crippen LogP contribution in [0.1, 0.15) is 34.7 Å². The normalized spacial score (nSPS) is 13.8. The topological polar surface area (TPSA) is 82.6 Å². The molecule has 3 amide bonds. The van der Waals surface area contributed by atoms with Crippen molar-refractivity contribution in [3.05, 3.63) is 137 Å². The van der Waals surface area contributed by atoms with Crippen LogP contribution in [-0.4, -0.2) is 92.0 Å². The molecular formula is C43H46F4N4O5. The summed E-state index contributed by atoms with van der Waals surface area (Å²) in [7, 11) is 3.01. The summed E-state index contributed by atoms with van der Waals surface area (Å²) < 4.78 is 64.5. The van der Waals surface area contributed by atoms with E-state index < -0.39 is 29.5 Å². The van der Waals surface area contributed by atoms with Gasteiger partial charge in [-0.1, -0.05) is 60.7 Å². The van der Waals surface area contributed by atoms with Gasteiger partial charge in [0.1, 0.15) is 6.04 Å². The Bertz CT molecular complexity index is 1950. The molecule has 1 saturated heterocycles. The van der Waals surface area contributed by atoms with Crippen molar-refractivity contribution in [2.75, 3.05) is 58.4 Å². The average molecular weight is 775 g/mol. The summed E-state index contributed by atoms with van der Waals surface area (Å²) in [6.45, 7) is 4.64. The van der Waals surface area contributed by atoms with Crippen LogP contribution in [-0.2, 0) is 44.9 Å².